The lowest BCUT2D eigenvalue weighted by atomic mass is 9.94. The molecule has 0 radical (unpaired) electrons. The number of carbonyl (C=O) groups is 4. The van der Waals surface area contributed by atoms with Crippen LogP contribution < -0.4 is 20.1 Å². The van der Waals surface area contributed by atoms with E-state index >= 15 is 0 Å². The van der Waals surface area contributed by atoms with Crippen molar-refractivity contribution < 1.29 is 37.1 Å². The van der Waals surface area contributed by atoms with E-state index in [1.54, 1.807) is 32.1 Å². The van der Waals surface area contributed by atoms with E-state index in [1.807, 2.05) is 48.8 Å². The quantitative estimate of drug-likeness (QED) is 0.220. The van der Waals surface area contributed by atoms with Crippen molar-refractivity contribution in [3.05, 3.63) is 41.4 Å². The number of para-hydroxylation sites is 1. The van der Waals surface area contributed by atoms with Crippen LogP contribution in [0.1, 0.15) is 123 Å². The van der Waals surface area contributed by atoms with E-state index in [4.69, 9.17) is 19.4 Å². The standard InChI is InChI=1S/C45H62N8O8S2/c1-27(2)53-35-16-12-14-32(39-46-34(26-62-39)28-19-21-51(6)22-20-28)37(35)48-42(53)60-30-23-36-38(54)49-45(41(56)50-63(58,59)31-17-18-31)24-29(45)13-10-8-7-9-11-15-33(40(55)52(36)25-30)47-43(57)61-44(3,4)5/h10,12-14,16,26-31,33,36H,7-9,11,15,17-25H2,1-6H3,(H,47,57)(H,49,54)(H,50,56)/t29-,30-,33+,36+,45-/m1/s1. The van der Waals surface area contributed by atoms with Crippen LogP contribution in [0.15, 0.2) is 35.7 Å². The van der Waals surface area contributed by atoms with Crippen molar-refractivity contribution in [2.24, 2.45) is 5.92 Å². The lowest BCUT2D eigenvalue weighted by molar-refractivity contribution is -0.141. The maximum atomic E-state index is 14.8. The number of allylic oxidation sites excluding steroid dienone is 1. The Bertz CT molecular complexity index is 2360. The highest BCUT2D eigenvalue weighted by Gasteiger charge is 2.62. The maximum absolute atomic E-state index is 14.8. The summed E-state index contributed by atoms with van der Waals surface area (Å²) < 4.78 is 42.5. The topological polar surface area (TPSA) is 194 Å². The number of fused-ring (bicyclic) bond motifs is 3. The molecule has 2 aliphatic carbocycles. The zero-order valence-electron chi connectivity index (χ0n) is 37.2. The lowest BCUT2D eigenvalue weighted by Crippen LogP contribution is -2.58. The number of likely N-dealkylation sites (tertiary alicyclic amines) is 1. The van der Waals surface area contributed by atoms with Crippen molar-refractivity contribution in [1.82, 2.24) is 39.7 Å². The van der Waals surface area contributed by atoms with Gasteiger partial charge in [0, 0.05) is 35.2 Å². The highest BCUT2D eigenvalue weighted by atomic mass is 32.2. The number of piperidine rings is 1. The van der Waals surface area contributed by atoms with Crippen LogP contribution in [0.4, 0.5) is 4.79 Å². The maximum Gasteiger partial charge on any atom is 0.408 e. The second-order valence-electron chi connectivity index (χ2n) is 19.4. The first-order chi connectivity index (χ1) is 29.9. The first-order valence-corrected chi connectivity index (χ1v) is 25.0. The van der Waals surface area contributed by atoms with E-state index in [2.05, 4.69) is 32.7 Å². The SMILES string of the molecule is CC(C)n1c(O[C@@H]2C[C@H]3C(=O)N[C@]4(C(=O)NS(=O)(=O)C5CC5)C[C@H]4C=CCCCCC[C@H](NC(=O)OC(C)(C)C)C(=O)N3C2)nc2c(-c3nc(C4CCN(C)CC4)cs3)cccc21. The molecule has 18 heteroatoms. The first kappa shape index (κ1) is 45.0. The van der Waals surface area contributed by atoms with Gasteiger partial charge in [0.1, 0.15) is 39.9 Å². The Kier molecular flexibility index (Phi) is 12.7. The number of imidazole rings is 1. The summed E-state index contributed by atoms with van der Waals surface area (Å²) in [4.78, 5) is 70.4. The van der Waals surface area contributed by atoms with Crippen LogP contribution in [-0.2, 0) is 29.1 Å². The number of nitrogens with zero attached hydrogens (tertiary/aromatic N) is 5. The molecule has 3 N–H and O–H groups in total. The zero-order valence-corrected chi connectivity index (χ0v) is 38.9. The number of ether oxygens (including phenoxy) is 2. The van der Waals surface area contributed by atoms with Gasteiger partial charge < -0.3 is 29.9 Å². The van der Waals surface area contributed by atoms with Gasteiger partial charge in [-0.25, -0.2) is 18.2 Å². The summed E-state index contributed by atoms with van der Waals surface area (Å²) in [6.45, 7) is 11.4. The van der Waals surface area contributed by atoms with Crippen LogP contribution in [-0.4, -0.2) is 118 Å². The first-order valence-electron chi connectivity index (χ1n) is 22.6. The molecule has 1 aromatic carbocycles. The van der Waals surface area contributed by atoms with Crippen LogP contribution in [0, 0.1) is 5.92 Å². The molecule has 2 saturated carbocycles. The van der Waals surface area contributed by atoms with E-state index < -0.39 is 74.3 Å². The molecule has 4 fully saturated rings. The number of amides is 4. The molecule has 3 aliphatic heterocycles. The van der Waals surface area contributed by atoms with Crippen LogP contribution in [0.3, 0.4) is 0 Å². The third kappa shape index (κ3) is 9.92. The van der Waals surface area contributed by atoms with Gasteiger partial charge in [0.05, 0.1) is 23.0 Å². The number of thiazole rings is 1. The zero-order chi connectivity index (χ0) is 44.8. The third-order valence-electron chi connectivity index (χ3n) is 12.9. The molecule has 0 spiro atoms. The lowest BCUT2D eigenvalue weighted by Gasteiger charge is -2.30. The third-order valence-corrected chi connectivity index (χ3v) is 15.6. The van der Waals surface area contributed by atoms with Crippen LogP contribution in [0.2, 0.25) is 0 Å². The fraction of sp³-hybridized carbons (Fsp3) is 0.644. The molecule has 5 atom stereocenters. The molecular formula is C45H62N8O8S2. The van der Waals surface area contributed by atoms with Gasteiger partial charge in [0.2, 0.25) is 21.8 Å². The second kappa shape index (κ2) is 17.8. The molecule has 0 bridgehead atoms. The molecular weight excluding hydrogens is 845 g/mol. The summed E-state index contributed by atoms with van der Waals surface area (Å²) in [5.41, 5.74) is 1.27. The van der Waals surface area contributed by atoms with Crippen LogP contribution in [0.25, 0.3) is 21.6 Å². The molecule has 4 amide bonds. The summed E-state index contributed by atoms with van der Waals surface area (Å²) in [6.07, 6.45) is 8.91. The molecule has 16 nitrogen and oxygen atoms in total. The van der Waals surface area contributed by atoms with Gasteiger partial charge in [-0.15, -0.1) is 11.3 Å². The van der Waals surface area contributed by atoms with E-state index in [-0.39, 0.29) is 25.4 Å². The average Bonchev–Trinajstić information content (AvgIpc) is 4.03. The summed E-state index contributed by atoms with van der Waals surface area (Å²) in [6, 6.07) is 4.15. The number of rotatable bonds is 9. The average molecular weight is 907 g/mol. The Balaban J connectivity index is 1.10. The van der Waals surface area contributed by atoms with Crippen molar-refractivity contribution in [3.8, 4) is 16.6 Å². The molecule has 5 heterocycles. The Morgan fingerprint density at radius 2 is 1.79 bits per heavy atom. The Hall–Kier alpha value is -4.55. The van der Waals surface area contributed by atoms with Crippen LogP contribution >= 0.6 is 11.3 Å². The van der Waals surface area contributed by atoms with Crippen molar-refractivity contribution in [3.63, 3.8) is 0 Å². The molecule has 3 aromatic rings. The second-order valence-corrected chi connectivity index (χ2v) is 22.2. The predicted octanol–water partition coefficient (Wildman–Crippen LogP) is 5.80. The van der Waals surface area contributed by atoms with E-state index in [0.29, 0.717) is 44.0 Å². The van der Waals surface area contributed by atoms with Crippen molar-refractivity contribution in [2.45, 2.75) is 152 Å². The summed E-state index contributed by atoms with van der Waals surface area (Å²) >= 11 is 1.61. The van der Waals surface area contributed by atoms with Crippen molar-refractivity contribution >= 4 is 56.2 Å². The largest absolute Gasteiger partial charge is 0.459 e. The number of sulfonamides is 1. The number of hydrogen-bond donors (Lipinski definition) is 3. The van der Waals surface area contributed by atoms with Gasteiger partial charge in [-0.05, 0) is 118 Å². The number of aromatic nitrogens is 3. The number of benzene rings is 1. The number of hydrogen-bond acceptors (Lipinski definition) is 12. The molecule has 0 unspecified atom stereocenters. The van der Waals surface area contributed by atoms with Gasteiger partial charge in [-0.1, -0.05) is 31.1 Å². The Morgan fingerprint density at radius 1 is 1.03 bits per heavy atom. The van der Waals surface area contributed by atoms with Crippen molar-refractivity contribution in [2.75, 3.05) is 26.7 Å². The summed E-state index contributed by atoms with van der Waals surface area (Å²) in [5, 5.41) is 8.12. The van der Waals surface area contributed by atoms with Gasteiger partial charge in [0.15, 0.2) is 0 Å². The highest BCUT2D eigenvalue weighted by molar-refractivity contribution is 7.91. The predicted molar refractivity (Wildman–Crippen MR) is 240 cm³/mol. The minimum atomic E-state index is -3.91. The van der Waals surface area contributed by atoms with Gasteiger partial charge in [0.25, 0.3) is 11.9 Å². The Morgan fingerprint density at radius 3 is 2.51 bits per heavy atom. The molecule has 63 heavy (non-hydrogen) atoms. The number of nitrogens with one attached hydrogen (secondary N) is 3. The normalized spacial score (nSPS) is 26.7. The van der Waals surface area contributed by atoms with Gasteiger partial charge in [-0.3, -0.25) is 23.7 Å². The van der Waals surface area contributed by atoms with E-state index in [9.17, 15) is 27.6 Å². The van der Waals surface area contributed by atoms with Gasteiger partial charge >= 0.3 is 6.09 Å². The van der Waals surface area contributed by atoms with E-state index in [1.165, 1.54) is 4.90 Å². The molecule has 5 aliphatic rings. The summed E-state index contributed by atoms with van der Waals surface area (Å²) in [5.74, 6) is -1.90. The van der Waals surface area contributed by atoms with Crippen LogP contribution in [0.5, 0.6) is 6.01 Å². The molecule has 2 saturated heterocycles. The smallest absolute Gasteiger partial charge is 0.408 e. The molecule has 342 valence electrons. The minimum Gasteiger partial charge on any atom is -0.459 e. The monoisotopic (exact) mass is 906 g/mol. The fourth-order valence-corrected chi connectivity index (χ4v) is 11.5. The number of carbonyl (C=O) groups excluding carboxylic acids is 4. The minimum absolute atomic E-state index is 0.0113. The highest BCUT2D eigenvalue weighted by Crippen LogP contribution is 2.46. The number of alkyl carbamates (subject to hydrolysis) is 1. The Labute approximate surface area is 374 Å². The summed E-state index contributed by atoms with van der Waals surface area (Å²) in [7, 11) is -1.76. The molecule has 8 rings (SSSR count). The van der Waals surface area contributed by atoms with Gasteiger partial charge in [-0.2, -0.15) is 4.98 Å². The van der Waals surface area contributed by atoms with E-state index in [0.717, 1.165) is 66.1 Å². The fourth-order valence-electron chi connectivity index (χ4n) is 9.20. The molecule has 2 aromatic heterocycles. The van der Waals surface area contributed by atoms with Crippen molar-refractivity contribution in [1.29, 1.82) is 0 Å².